The molecule has 0 aliphatic carbocycles. The van der Waals surface area contributed by atoms with Gasteiger partial charge in [0, 0.05) is 12.1 Å². The maximum absolute atomic E-state index is 13.6. The number of nitrogens with zero attached hydrogens (tertiary/aromatic N) is 1. The van der Waals surface area contributed by atoms with E-state index in [0.29, 0.717) is 17.7 Å². The van der Waals surface area contributed by atoms with Gasteiger partial charge in [0.2, 0.25) is 14.7 Å². The van der Waals surface area contributed by atoms with Gasteiger partial charge in [0.1, 0.15) is 5.75 Å². The lowest BCUT2D eigenvalue weighted by Gasteiger charge is -2.35. The molecule has 28 heavy (non-hydrogen) atoms. The summed E-state index contributed by atoms with van der Waals surface area (Å²) in [5, 5.41) is 0. The SMILES string of the molecule is COC(=O)[C@]1(S(=O)(=O)c2ccc(OC)cc2)CCCN1C(=O)c1ccccc1. The fraction of sp³-hybridized carbons (Fsp3) is 0.300. The average Bonchev–Trinajstić information content (AvgIpc) is 3.20. The summed E-state index contributed by atoms with van der Waals surface area (Å²) in [6, 6.07) is 14.0. The number of carbonyl (C=O) groups is 2. The van der Waals surface area contributed by atoms with Gasteiger partial charge in [-0.3, -0.25) is 4.79 Å². The normalized spacial score (nSPS) is 19.3. The lowest BCUT2D eigenvalue weighted by Crippen LogP contribution is -2.58. The summed E-state index contributed by atoms with van der Waals surface area (Å²) >= 11 is 0. The van der Waals surface area contributed by atoms with E-state index >= 15 is 0 Å². The van der Waals surface area contributed by atoms with E-state index in [2.05, 4.69) is 0 Å². The van der Waals surface area contributed by atoms with Crippen molar-refractivity contribution in [1.29, 1.82) is 0 Å². The Bertz CT molecular complexity index is 972. The minimum Gasteiger partial charge on any atom is -0.497 e. The summed E-state index contributed by atoms with van der Waals surface area (Å²) in [6.45, 7) is 0.137. The minimum atomic E-state index is -4.26. The molecule has 2 aromatic rings. The van der Waals surface area contributed by atoms with Crippen molar-refractivity contribution in [3.05, 3.63) is 60.2 Å². The van der Waals surface area contributed by atoms with Crippen LogP contribution in [0.25, 0.3) is 0 Å². The topological polar surface area (TPSA) is 90.0 Å². The zero-order valence-corrected chi connectivity index (χ0v) is 16.4. The number of carbonyl (C=O) groups excluding carboxylic acids is 2. The molecule has 1 aliphatic rings. The van der Waals surface area contributed by atoms with Gasteiger partial charge in [-0.25, -0.2) is 13.2 Å². The third-order valence-corrected chi connectivity index (χ3v) is 7.29. The summed E-state index contributed by atoms with van der Waals surface area (Å²) in [4.78, 5) is 24.8. The molecule has 8 heteroatoms. The Balaban J connectivity index is 2.14. The van der Waals surface area contributed by atoms with E-state index in [-0.39, 0.29) is 17.9 Å². The Hall–Kier alpha value is -2.87. The van der Waals surface area contributed by atoms with E-state index in [1.54, 1.807) is 30.3 Å². The highest BCUT2D eigenvalue weighted by molar-refractivity contribution is 7.93. The monoisotopic (exact) mass is 403 g/mol. The summed E-state index contributed by atoms with van der Waals surface area (Å²) in [5.74, 6) is -1.01. The van der Waals surface area contributed by atoms with Crippen LogP contribution in [0.15, 0.2) is 59.5 Å². The van der Waals surface area contributed by atoms with E-state index < -0.39 is 26.6 Å². The van der Waals surface area contributed by atoms with Crippen molar-refractivity contribution in [3.63, 3.8) is 0 Å². The Labute approximate surface area is 163 Å². The van der Waals surface area contributed by atoms with Crippen LogP contribution in [-0.4, -0.2) is 50.8 Å². The molecular formula is C20H21NO6S. The number of amides is 1. The van der Waals surface area contributed by atoms with Crippen LogP contribution in [0.4, 0.5) is 0 Å². The first-order valence-electron chi connectivity index (χ1n) is 8.72. The second kappa shape index (κ2) is 7.63. The summed E-state index contributed by atoms with van der Waals surface area (Å²) in [6.07, 6.45) is 0.329. The van der Waals surface area contributed by atoms with Crippen LogP contribution in [0, 0.1) is 0 Å². The molecule has 1 aliphatic heterocycles. The van der Waals surface area contributed by atoms with E-state index in [1.807, 2.05) is 0 Å². The lowest BCUT2D eigenvalue weighted by atomic mass is 10.1. The smallest absolute Gasteiger partial charge is 0.348 e. The fourth-order valence-electron chi connectivity index (χ4n) is 3.51. The minimum absolute atomic E-state index is 0.0351. The summed E-state index contributed by atoms with van der Waals surface area (Å²) in [5.41, 5.74) is 0.308. The molecule has 1 atom stereocenters. The van der Waals surface area contributed by atoms with Gasteiger partial charge in [0.05, 0.1) is 19.1 Å². The maximum Gasteiger partial charge on any atom is 0.348 e. The second-order valence-electron chi connectivity index (χ2n) is 6.38. The van der Waals surface area contributed by atoms with Gasteiger partial charge in [-0.05, 0) is 49.2 Å². The standard InChI is InChI=1S/C20H21NO6S/c1-26-16-9-11-17(12-10-16)28(24,25)20(19(23)27-2)13-6-14-21(20)18(22)15-7-4-3-5-8-15/h3-5,7-12H,6,13-14H2,1-2H3/t20-/m1/s1. The van der Waals surface area contributed by atoms with Crippen LogP contribution >= 0.6 is 0 Å². The number of sulfone groups is 1. The highest BCUT2D eigenvalue weighted by Crippen LogP contribution is 2.40. The summed E-state index contributed by atoms with van der Waals surface area (Å²) < 4.78 is 37.1. The summed E-state index contributed by atoms with van der Waals surface area (Å²) in [7, 11) is -1.67. The third kappa shape index (κ3) is 3.03. The van der Waals surface area contributed by atoms with Crippen molar-refractivity contribution in [2.75, 3.05) is 20.8 Å². The predicted molar refractivity (Wildman–Crippen MR) is 102 cm³/mol. The number of esters is 1. The molecule has 0 N–H and O–H groups in total. The van der Waals surface area contributed by atoms with Gasteiger partial charge in [-0.2, -0.15) is 0 Å². The quantitative estimate of drug-likeness (QED) is 0.712. The van der Waals surface area contributed by atoms with Crippen LogP contribution in [0.1, 0.15) is 23.2 Å². The van der Waals surface area contributed by atoms with Crippen LogP contribution in [-0.2, 0) is 19.4 Å². The Morgan fingerprint density at radius 2 is 1.64 bits per heavy atom. The molecule has 3 rings (SSSR count). The van der Waals surface area contributed by atoms with Gasteiger partial charge >= 0.3 is 5.97 Å². The Morgan fingerprint density at radius 3 is 2.21 bits per heavy atom. The highest BCUT2D eigenvalue weighted by Gasteiger charge is 2.61. The van der Waals surface area contributed by atoms with Crippen LogP contribution in [0.2, 0.25) is 0 Å². The molecule has 1 fully saturated rings. The van der Waals surface area contributed by atoms with Gasteiger partial charge in [0.15, 0.2) is 0 Å². The van der Waals surface area contributed by atoms with Crippen molar-refractivity contribution >= 4 is 21.7 Å². The van der Waals surface area contributed by atoms with Crippen molar-refractivity contribution in [3.8, 4) is 5.75 Å². The second-order valence-corrected chi connectivity index (χ2v) is 8.53. The van der Waals surface area contributed by atoms with Crippen molar-refractivity contribution in [2.24, 2.45) is 0 Å². The number of benzene rings is 2. The number of rotatable bonds is 5. The Morgan fingerprint density at radius 1 is 1.00 bits per heavy atom. The molecule has 0 aromatic heterocycles. The van der Waals surface area contributed by atoms with E-state index in [4.69, 9.17) is 9.47 Å². The van der Waals surface area contributed by atoms with Crippen LogP contribution in [0.5, 0.6) is 5.75 Å². The Kier molecular flexibility index (Phi) is 5.42. The van der Waals surface area contributed by atoms with Gasteiger partial charge in [0.25, 0.3) is 5.91 Å². The third-order valence-electron chi connectivity index (χ3n) is 4.92. The fourth-order valence-corrected chi connectivity index (χ4v) is 5.57. The molecule has 1 saturated heterocycles. The van der Waals surface area contributed by atoms with Crippen LogP contribution < -0.4 is 4.74 Å². The lowest BCUT2D eigenvalue weighted by molar-refractivity contribution is -0.147. The molecule has 0 saturated carbocycles. The van der Waals surface area contributed by atoms with Gasteiger partial charge in [-0.1, -0.05) is 18.2 Å². The molecule has 1 amide bonds. The zero-order chi connectivity index (χ0) is 20.4. The van der Waals surface area contributed by atoms with Gasteiger partial charge in [-0.15, -0.1) is 0 Å². The molecule has 148 valence electrons. The van der Waals surface area contributed by atoms with Crippen molar-refractivity contribution in [1.82, 2.24) is 4.90 Å². The highest BCUT2D eigenvalue weighted by atomic mass is 32.2. The van der Waals surface area contributed by atoms with Gasteiger partial charge < -0.3 is 14.4 Å². The largest absolute Gasteiger partial charge is 0.497 e. The number of hydrogen-bond acceptors (Lipinski definition) is 6. The molecular weight excluding hydrogens is 382 g/mol. The number of hydrogen-bond donors (Lipinski definition) is 0. The maximum atomic E-state index is 13.6. The van der Waals surface area contributed by atoms with E-state index in [9.17, 15) is 18.0 Å². The first-order valence-corrected chi connectivity index (χ1v) is 10.2. The first kappa shape index (κ1) is 19.9. The van der Waals surface area contributed by atoms with Crippen LogP contribution in [0.3, 0.4) is 0 Å². The predicted octanol–water partition coefficient (Wildman–Crippen LogP) is 2.27. The van der Waals surface area contributed by atoms with Crippen molar-refractivity contribution in [2.45, 2.75) is 22.6 Å². The zero-order valence-electron chi connectivity index (χ0n) is 15.6. The number of methoxy groups -OCH3 is 2. The van der Waals surface area contributed by atoms with E-state index in [0.717, 1.165) is 12.0 Å². The average molecular weight is 403 g/mol. The number of likely N-dealkylation sites (tertiary alicyclic amines) is 1. The molecule has 1 heterocycles. The molecule has 0 bridgehead atoms. The van der Waals surface area contributed by atoms with Crippen molar-refractivity contribution < 1.29 is 27.5 Å². The molecule has 0 radical (unpaired) electrons. The molecule has 0 unspecified atom stereocenters. The molecule has 7 nitrogen and oxygen atoms in total. The number of ether oxygens (including phenoxy) is 2. The molecule has 0 spiro atoms. The first-order chi connectivity index (χ1) is 13.4. The molecule has 2 aromatic carbocycles. The van der Waals surface area contributed by atoms with E-state index in [1.165, 1.54) is 31.4 Å².